The molecule has 0 saturated heterocycles. The molecular formula is C13H12F3N5O. The summed E-state index contributed by atoms with van der Waals surface area (Å²) in [4.78, 5) is 15.6. The molecule has 3 rings (SSSR count). The topological polar surface area (TPSA) is 72.7 Å². The van der Waals surface area contributed by atoms with E-state index >= 15 is 0 Å². The van der Waals surface area contributed by atoms with Gasteiger partial charge in [0.05, 0.1) is 11.1 Å². The number of nitrogens with one attached hydrogen (secondary N) is 1. The standard InChI is InChI=1S/C13H12F3N5O/c14-13(15,16)9-7-17-5-4-8(9)11(22)18-12-20-19-10-3-1-2-6-21(10)12/h4-5,7H,1-3,6H2,(H,18,20,22). The first-order chi connectivity index (χ1) is 10.5. The molecule has 0 radical (unpaired) electrons. The predicted octanol–water partition coefficient (Wildman–Crippen LogP) is 2.28. The number of carbonyl (C=O) groups excluding carboxylic acids is 1. The van der Waals surface area contributed by atoms with E-state index in [1.54, 1.807) is 4.57 Å². The van der Waals surface area contributed by atoms with Gasteiger partial charge in [0.15, 0.2) is 0 Å². The minimum Gasteiger partial charge on any atom is -0.297 e. The average molecular weight is 311 g/mol. The highest BCUT2D eigenvalue weighted by Gasteiger charge is 2.35. The van der Waals surface area contributed by atoms with Crippen LogP contribution in [0, 0.1) is 0 Å². The second-order valence-corrected chi connectivity index (χ2v) is 4.92. The van der Waals surface area contributed by atoms with Gasteiger partial charge in [-0.3, -0.25) is 19.7 Å². The molecular weight excluding hydrogens is 299 g/mol. The first-order valence-electron chi connectivity index (χ1n) is 6.71. The molecule has 1 aliphatic heterocycles. The number of hydrogen-bond acceptors (Lipinski definition) is 4. The largest absolute Gasteiger partial charge is 0.418 e. The van der Waals surface area contributed by atoms with Crippen molar-refractivity contribution in [3.63, 3.8) is 0 Å². The third-order valence-corrected chi connectivity index (χ3v) is 3.46. The summed E-state index contributed by atoms with van der Waals surface area (Å²) in [6.07, 6.45) is -0.236. The third-order valence-electron chi connectivity index (χ3n) is 3.46. The number of rotatable bonds is 2. The first kappa shape index (κ1) is 14.5. The van der Waals surface area contributed by atoms with Crippen LogP contribution in [0.2, 0.25) is 0 Å². The summed E-state index contributed by atoms with van der Waals surface area (Å²) in [5.41, 5.74) is -1.57. The maximum absolute atomic E-state index is 12.9. The molecule has 0 aliphatic carbocycles. The van der Waals surface area contributed by atoms with Crippen molar-refractivity contribution >= 4 is 11.9 Å². The Balaban J connectivity index is 1.88. The number of pyridine rings is 1. The molecule has 0 saturated carbocycles. The maximum atomic E-state index is 12.9. The summed E-state index contributed by atoms with van der Waals surface area (Å²) in [6, 6.07) is 1.03. The van der Waals surface area contributed by atoms with E-state index in [0.717, 1.165) is 37.4 Å². The van der Waals surface area contributed by atoms with Gasteiger partial charge in [-0.15, -0.1) is 10.2 Å². The summed E-state index contributed by atoms with van der Waals surface area (Å²) in [7, 11) is 0. The summed E-state index contributed by atoms with van der Waals surface area (Å²) in [5.74, 6) is 0.0208. The van der Waals surface area contributed by atoms with Crippen molar-refractivity contribution in [2.24, 2.45) is 0 Å². The van der Waals surface area contributed by atoms with Crippen LogP contribution in [-0.4, -0.2) is 25.7 Å². The Labute approximate surface area is 123 Å². The number of aryl methyl sites for hydroxylation is 1. The average Bonchev–Trinajstić information content (AvgIpc) is 2.90. The quantitative estimate of drug-likeness (QED) is 0.923. The summed E-state index contributed by atoms with van der Waals surface area (Å²) in [5, 5.41) is 10.2. The Bertz CT molecular complexity index is 710. The van der Waals surface area contributed by atoms with Gasteiger partial charge >= 0.3 is 6.18 Å². The fourth-order valence-electron chi connectivity index (χ4n) is 2.39. The van der Waals surface area contributed by atoms with Gasteiger partial charge in [0.25, 0.3) is 5.91 Å². The highest BCUT2D eigenvalue weighted by atomic mass is 19.4. The van der Waals surface area contributed by atoms with Crippen LogP contribution in [0.5, 0.6) is 0 Å². The number of aromatic nitrogens is 4. The van der Waals surface area contributed by atoms with Crippen molar-refractivity contribution < 1.29 is 18.0 Å². The minimum absolute atomic E-state index is 0.171. The lowest BCUT2D eigenvalue weighted by Crippen LogP contribution is -2.22. The zero-order valence-corrected chi connectivity index (χ0v) is 11.4. The molecule has 22 heavy (non-hydrogen) atoms. The number of halogens is 3. The predicted molar refractivity (Wildman–Crippen MR) is 70.2 cm³/mol. The van der Waals surface area contributed by atoms with Gasteiger partial charge in [-0.2, -0.15) is 13.2 Å². The van der Waals surface area contributed by atoms with Crippen molar-refractivity contribution in [1.29, 1.82) is 0 Å². The normalized spacial score (nSPS) is 14.5. The molecule has 0 spiro atoms. The van der Waals surface area contributed by atoms with E-state index in [4.69, 9.17) is 0 Å². The Kier molecular flexibility index (Phi) is 3.55. The lowest BCUT2D eigenvalue weighted by molar-refractivity contribution is -0.138. The summed E-state index contributed by atoms with van der Waals surface area (Å²) in [6.45, 7) is 0.639. The molecule has 6 nitrogen and oxygen atoms in total. The van der Waals surface area contributed by atoms with Crippen LogP contribution in [0.4, 0.5) is 19.1 Å². The molecule has 0 fully saturated rings. The van der Waals surface area contributed by atoms with Crippen LogP contribution < -0.4 is 5.32 Å². The van der Waals surface area contributed by atoms with E-state index in [0.29, 0.717) is 12.7 Å². The van der Waals surface area contributed by atoms with E-state index in [-0.39, 0.29) is 5.95 Å². The molecule has 2 aromatic heterocycles. The molecule has 2 aromatic rings. The first-order valence-corrected chi connectivity index (χ1v) is 6.71. The number of alkyl halides is 3. The maximum Gasteiger partial charge on any atom is 0.418 e. The van der Waals surface area contributed by atoms with Gasteiger partial charge in [0.2, 0.25) is 5.95 Å². The fraction of sp³-hybridized carbons (Fsp3) is 0.385. The fourth-order valence-corrected chi connectivity index (χ4v) is 2.39. The second-order valence-electron chi connectivity index (χ2n) is 4.92. The van der Waals surface area contributed by atoms with Crippen LogP contribution in [0.1, 0.15) is 34.6 Å². The monoisotopic (exact) mass is 311 g/mol. The van der Waals surface area contributed by atoms with E-state index in [1.165, 1.54) is 0 Å². The van der Waals surface area contributed by atoms with Crippen molar-refractivity contribution in [3.8, 4) is 0 Å². The number of hydrogen-bond donors (Lipinski definition) is 1. The lowest BCUT2D eigenvalue weighted by atomic mass is 10.1. The number of fused-ring (bicyclic) bond motifs is 1. The molecule has 0 aromatic carbocycles. The van der Waals surface area contributed by atoms with Gasteiger partial charge in [-0.05, 0) is 18.9 Å². The van der Waals surface area contributed by atoms with Gasteiger partial charge in [0.1, 0.15) is 5.82 Å². The molecule has 1 amide bonds. The molecule has 0 atom stereocenters. The van der Waals surface area contributed by atoms with Crippen LogP contribution in [-0.2, 0) is 19.1 Å². The summed E-state index contributed by atoms with van der Waals surface area (Å²) >= 11 is 0. The molecule has 0 bridgehead atoms. The molecule has 116 valence electrons. The van der Waals surface area contributed by atoms with Gasteiger partial charge in [-0.1, -0.05) is 0 Å². The smallest absolute Gasteiger partial charge is 0.297 e. The van der Waals surface area contributed by atoms with Crippen LogP contribution in [0.15, 0.2) is 18.5 Å². The Morgan fingerprint density at radius 1 is 1.27 bits per heavy atom. The SMILES string of the molecule is O=C(Nc1nnc2n1CCCC2)c1ccncc1C(F)(F)F. The third kappa shape index (κ3) is 2.66. The van der Waals surface area contributed by atoms with Crippen LogP contribution >= 0.6 is 0 Å². The number of carbonyl (C=O) groups is 1. The van der Waals surface area contributed by atoms with Gasteiger partial charge < -0.3 is 0 Å². The highest BCUT2D eigenvalue weighted by molar-refractivity contribution is 6.04. The summed E-state index contributed by atoms with van der Waals surface area (Å²) < 4.78 is 40.4. The van der Waals surface area contributed by atoms with Crippen molar-refractivity contribution in [2.45, 2.75) is 32.0 Å². The van der Waals surface area contributed by atoms with Gasteiger partial charge in [-0.25, -0.2) is 0 Å². The second kappa shape index (κ2) is 5.39. The van der Waals surface area contributed by atoms with Crippen molar-refractivity contribution in [1.82, 2.24) is 19.7 Å². The molecule has 3 heterocycles. The minimum atomic E-state index is -4.65. The lowest BCUT2D eigenvalue weighted by Gasteiger charge is -2.15. The van der Waals surface area contributed by atoms with Crippen LogP contribution in [0.25, 0.3) is 0 Å². The molecule has 1 N–H and O–H groups in total. The Morgan fingerprint density at radius 3 is 2.86 bits per heavy atom. The number of amides is 1. The van der Waals surface area contributed by atoms with Crippen molar-refractivity contribution in [3.05, 3.63) is 35.4 Å². The molecule has 1 aliphatic rings. The van der Waals surface area contributed by atoms with Crippen LogP contribution in [0.3, 0.4) is 0 Å². The number of nitrogens with zero attached hydrogens (tertiary/aromatic N) is 4. The zero-order valence-electron chi connectivity index (χ0n) is 11.4. The number of anilines is 1. The Hall–Kier alpha value is -2.45. The molecule has 9 heteroatoms. The van der Waals surface area contributed by atoms with Crippen molar-refractivity contribution in [2.75, 3.05) is 5.32 Å². The zero-order chi connectivity index (χ0) is 15.7. The molecule has 0 unspecified atom stereocenters. The van der Waals surface area contributed by atoms with E-state index in [2.05, 4.69) is 20.5 Å². The highest BCUT2D eigenvalue weighted by Crippen LogP contribution is 2.31. The van der Waals surface area contributed by atoms with E-state index in [9.17, 15) is 18.0 Å². The van der Waals surface area contributed by atoms with E-state index < -0.39 is 23.2 Å². The van der Waals surface area contributed by atoms with E-state index in [1.807, 2.05) is 0 Å². The van der Waals surface area contributed by atoms with Gasteiger partial charge in [0, 0.05) is 25.4 Å². The Morgan fingerprint density at radius 2 is 2.09 bits per heavy atom.